The summed E-state index contributed by atoms with van der Waals surface area (Å²) in [4.78, 5) is 12.2. The lowest BCUT2D eigenvalue weighted by Crippen LogP contribution is -2.40. The Morgan fingerprint density at radius 2 is 1.50 bits per heavy atom. The Morgan fingerprint density at radius 1 is 0.929 bits per heavy atom. The van der Waals surface area contributed by atoms with Gasteiger partial charge >= 0.3 is 0 Å². The zero-order chi connectivity index (χ0) is 20.1. The Morgan fingerprint density at radius 3 is 2.14 bits per heavy atom. The molecule has 2 aromatic rings. The van der Waals surface area contributed by atoms with Crippen LogP contribution in [0, 0.1) is 0 Å². The minimum atomic E-state index is -3.77. The molecule has 4 N–H and O–H groups in total. The maximum atomic E-state index is 12.3. The molecule has 150 valence electrons. The van der Waals surface area contributed by atoms with Crippen molar-refractivity contribution in [1.82, 2.24) is 4.72 Å². The van der Waals surface area contributed by atoms with E-state index in [0.717, 1.165) is 0 Å². The normalized spacial score (nSPS) is 24.8. The molecule has 28 heavy (non-hydrogen) atoms. The number of ether oxygens (including phenoxy) is 1. The molecule has 0 spiro atoms. The lowest BCUT2D eigenvalue weighted by Gasteiger charge is -2.15. The van der Waals surface area contributed by atoms with Crippen molar-refractivity contribution in [3.05, 3.63) is 60.7 Å². The van der Waals surface area contributed by atoms with Crippen LogP contribution in [0.4, 0.5) is 5.69 Å². The number of amides is 1. The second-order valence-electron chi connectivity index (χ2n) is 6.48. The van der Waals surface area contributed by atoms with Gasteiger partial charge in [0.25, 0.3) is 0 Å². The minimum absolute atomic E-state index is 0.0850. The van der Waals surface area contributed by atoms with Crippen LogP contribution in [0.1, 0.15) is 6.42 Å². The molecule has 0 bridgehead atoms. The second kappa shape index (κ2) is 8.80. The molecule has 1 saturated heterocycles. The number of anilines is 1. The number of benzene rings is 2. The quantitative estimate of drug-likeness (QED) is 0.530. The summed E-state index contributed by atoms with van der Waals surface area (Å²) in [6.07, 6.45) is -4.69. The summed E-state index contributed by atoms with van der Waals surface area (Å²) in [6.45, 7) is -0.230. The lowest BCUT2D eigenvalue weighted by molar-refractivity contribution is -0.120. The lowest BCUT2D eigenvalue weighted by atomic mass is 10.1. The SMILES string of the molecule is O=C(CC1OC(CNS(=O)(=O)c2ccccc2)C(O)C1O)Nc1ccccc1. The van der Waals surface area contributed by atoms with E-state index in [4.69, 9.17) is 4.74 Å². The maximum Gasteiger partial charge on any atom is 0.240 e. The Balaban J connectivity index is 1.56. The van der Waals surface area contributed by atoms with Crippen LogP contribution in [0.3, 0.4) is 0 Å². The van der Waals surface area contributed by atoms with Gasteiger partial charge in [-0.05, 0) is 24.3 Å². The van der Waals surface area contributed by atoms with Gasteiger partial charge in [-0.2, -0.15) is 0 Å². The van der Waals surface area contributed by atoms with E-state index in [2.05, 4.69) is 10.0 Å². The second-order valence-corrected chi connectivity index (χ2v) is 8.24. The molecule has 1 fully saturated rings. The van der Waals surface area contributed by atoms with Gasteiger partial charge in [-0.3, -0.25) is 4.79 Å². The van der Waals surface area contributed by atoms with Crippen LogP contribution in [0.25, 0.3) is 0 Å². The number of nitrogens with one attached hydrogen (secondary N) is 2. The molecular formula is C19H22N2O6S. The van der Waals surface area contributed by atoms with Gasteiger partial charge in [0, 0.05) is 12.2 Å². The van der Waals surface area contributed by atoms with Crippen LogP contribution in [0.5, 0.6) is 0 Å². The van der Waals surface area contributed by atoms with Crippen LogP contribution in [0.15, 0.2) is 65.6 Å². The third-order valence-corrected chi connectivity index (χ3v) is 5.87. The number of carbonyl (C=O) groups is 1. The van der Waals surface area contributed by atoms with Crippen molar-refractivity contribution in [2.45, 2.75) is 35.7 Å². The standard InChI is InChI=1S/C19H22N2O6S/c22-17(21-13-7-3-1-4-8-13)11-15-18(23)19(24)16(27-15)12-20-28(25,26)14-9-5-2-6-10-14/h1-10,15-16,18-20,23-24H,11-12H2,(H,21,22). The Labute approximate surface area is 163 Å². The van der Waals surface area contributed by atoms with Gasteiger partial charge in [0.05, 0.1) is 17.4 Å². The first kappa shape index (κ1) is 20.4. The molecule has 1 aliphatic heterocycles. The molecule has 2 aromatic carbocycles. The number of hydrogen-bond acceptors (Lipinski definition) is 6. The van der Waals surface area contributed by atoms with Gasteiger partial charge in [0.1, 0.15) is 18.3 Å². The van der Waals surface area contributed by atoms with Gasteiger partial charge in [0.2, 0.25) is 15.9 Å². The summed E-state index contributed by atoms with van der Waals surface area (Å²) in [5.41, 5.74) is 0.604. The summed E-state index contributed by atoms with van der Waals surface area (Å²) in [7, 11) is -3.77. The van der Waals surface area contributed by atoms with Crippen molar-refractivity contribution in [2.24, 2.45) is 0 Å². The number of aliphatic hydroxyl groups is 2. The third kappa shape index (κ3) is 4.94. The van der Waals surface area contributed by atoms with Crippen LogP contribution >= 0.6 is 0 Å². The summed E-state index contributed by atoms with van der Waals surface area (Å²) in [5.74, 6) is -0.382. The van der Waals surface area contributed by atoms with E-state index in [9.17, 15) is 23.4 Å². The number of para-hydroxylation sites is 1. The van der Waals surface area contributed by atoms with Crippen molar-refractivity contribution in [1.29, 1.82) is 0 Å². The number of sulfonamides is 1. The average Bonchev–Trinajstić information content (AvgIpc) is 2.96. The van der Waals surface area contributed by atoms with Crippen molar-refractivity contribution >= 4 is 21.6 Å². The van der Waals surface area contributed by atoms with E-state index in [-0.39, 0.29) is 23.8 Å². The fourth-order valence-electron chi connectivity index (χ4n) is 2.95. The van der Waals surface area contributed by atoms with E-state index in [1.807, 2.05) is 6.07 Å². The monoisotopic (exact) mass is 406 g/mol. The first-order valence-corrected chi connectivity index (χ1v) is 10.3. The molecule has 0 aromatic heterocycles. The molecule has 3 rings (SSSR count). The van der Waals surface area contributed by atoms with Gasteiger partial charge in [0.15, 0.2) is 0 Å². The Bertz CT molecular complexity index is 891. The first-order chi connectivity index (χ1) is 13.4. The highest BCUT2D eigenvalue weighted by Gasteiger charge is 2.43. The number of carbonyl (C=O) groups excluding carboxylic acids is 1. The summed E-state index contributed by atoms with van der Waals surface area (Å²) in [5, 5.41) is 23.0. The highest BCUT2D eigenvalue weighted by atomic mass is 32.2. The largest absolute Gasteiger partial charge is 0.388 e. The zero-order valence-electron chi connectivity index (χ0n) is 14.9. The maximum absolute atomic E-state index is 12.3. The smallest absolute Gasteiger partial charge is 0.240 e. The third-order valence-electron chi connectivity index (χ3n) is 4.43. The first-order valence-electron chi connectivity index (χ1n) is 8.78. The Kier molecular flexibility index (Phi) is 6.42. The van der Waals surface area contributed by atoms with E-state index >= 15 is 0 Å². The van der Waals surface area contributed by atoms with Crippen LogP contribution < -0.4 is 10.0 Å². The molecule has 0 radical (unpaired) electrons. The fraction of sp³-hybridized carbons (Fsp3) is 0.316. The van der Waals surface area contributed by atoms with Gasteiger partial charge in [-0.15, -0.1) is 0 Å². The highest BCUT2D eigenvalue weighted by Crippen LogP contribution is 2.24. The van der Waals surface area contributed by atoms with E-state index in [0.29, 0.717) is 5.69 Å². The minimum Gasteiger partial charge on any atom is -0.388 e. The van der Waals surface area contributed by atoms with Crippen molar-refractivity contribution in [3.63, 3.8) is 0 Å². The fourth-order valence-corrected chi connectivity index (χ4v) is 4.02. The van der Waals surface area contributed by atoms with Crippen molar-refractivity contribution in [2.75, 3.05) is 11.9 Å². The molecular weight excluding hydrogens is 384 g/mol. The average molecular weight is 406 g/mol. The van der Waals surface area contributed by atoms with Crippen LogP contribution in [-0.4, -0.2) is 55.5 Å². The van der Waals surface area contributed by atoms with Crippen molar-refractivity contribution < 1.29 is 28.2 Å². The molecule has 1 amide bonds. The molecule has 4 unspecified atom stereocenters. The van der Waals surface area contributed by atoms with E-state index < -0.39 is 34.4 Å². The van der Waals surface area contributed by atoms with Crippen molar-refractivity contribution in [3.8, 4) is 0 Å². The topological polar surface area (TPSA) is 125 Å². The molecule has 1 heterocycles. The van der Waals surface area contributed by atoms with Crippen LogP contribution in [0.2, 0.25) is 0 Å². The molecule has 8 nitrogen and oxygen atoms in total. The van der Waals surface area contributed by atoms with Crippen LogP contribution in [-0.2, 0) is 19.6 Å². The molecule has 0 aliphatic carbocycles. The number of aliphatic hydroxyl groups excluding tert-OH is 2. The number of hydrogen-bond donors (Lipinski definition) is 4. The van der Waals surface area contributed by atoms with Gasteiger partial charge in [-0.1, -0.05) is 36.4 Å². The van der Waals surface area contributed by atoms with Gasteiger partial charge < -0.3 is 20.3 Å². The molecule has 1 aliphatic rings. The highest BCUT2D eigenvalue weighted by molar-refractivity contribution is 7.89. The van der Waals surface area contributed by atoms with E-state index in [1.54, 1.807) is 42.5 Å². The Hall–Kier alpha value is -2.30. The number of rotatable bonds is 7. The predicted molar refractivity (Wildman–Crippen MR) is 102 cm³/mol. The van der Waals surface area contributed by atoms with Gasteiger partial charge in [-0.25, -0.2) is 13.1 Å². The summed E-state index contributed by atoms with van der Waals surface area (Å²) >= 11 is 0. The summed E-state index contributed by atoms with van der Waals surface area (Å²) in [6, 6.07) is 16.6. The summed E-state index contributed by atoms with van der Waals surface area (Å²) < 4.78 is 32.4. The zero-order valence-corrected chi connectivity index (χ0v) is 15.7. The molecule has 0 saturated carbocycles. The molecule has 4 atom stereocenters. The predicted octanol–water partition coefficient (Wildman–Crippen LogP) is 0.483. The van der Waals surface area contributed by atoms with E-state index in [1.165, 1.54) is 12.1 Å². The molecule has 9 heteroatoms.